The normalized spacial score (nSPS) is 19.3. The molecule has 2 aliphatic rings. The molecule has 0 bridgehead atoms. The van der Waals surface area contributed by atoms with Crippen molar-refractivity contribution in [2.75, 3.05) is 36.6 Å². The van der Waals surface area contributed by atoms with E-state index in [0.29, 0.717) is 17.9 Å². The Morgan fingerprint density at radius 2 is 2.22 bits per heavy atom. The monoisotopic (exact) mass is 563 g/mol. The maximum absolute atomic E-state index is 13.1. The molecule has 4 rings (SSSR count). The van der Waals surface area contributed by atoms with Gasteiger partial charge >= 0.3 is 5.13 Å². The van der Waals surface area contributed by atoms with Crippen molar-refractivity contribution in [3.05, 3.63) is 46.1 Å². The molecule has 196 valence electrons. The molecule has 2 amide bonds. The lowest BCUT2D eigenvalue weighted by molar-refractivity contribution is -0.660. The third kappa shape index (κ3) is 5.19. The fourth-order valence-electron chi connectivity index (χ4n) is 3.91. The van der Waals surface area contributed by atoms with Crippen molar-refractivity contribution in [3.63, 3.8) is 0 Å². The summed E-state index contributed by atoms with van der Waals surface area (Å²) in [4.78, 5) is 50.5. The number of nitrogens with two attached hydrogens (primary N) is 1. The Kier molecular flexibility index (Phi) is 7.85. The molecule has 37 heavy (non-hydrogen) atoms. The van der Waals surface area contributed by atoms with Gasteiger partial charge in [-0.2, -0.15) is 0 Å². The number of hydrogen-bond acceptors (Lipinski definition) is 12. The number of likely N-dealkylation sites (N-methyl/N-ethyl adjacent to an activating group) is 1. The summed E-state index contributed by atoms with van der Waals surface area (Å²) in [6, 6.07) is -0.954. The second kappa shape index (κ2) is 10.9. The van der Waals surface area contributed by atoms with E-state index in [4.69, 9.17) is 10.6 Å². The second-order valence-corrected chi connectivity index (χ2v) is 11.1. The molecule has 4 heterocycles. The number of anilines is 2. The molecule has 2 aliphatic heterocycles. The van der Waals surface area contributed by atoms with E-state index in [1.54, 1.807) is 16.7 Å². The van der Waals surface area contributed by atoms with E-state index in [0.717, 1.165) is 22.2 Å². The fraction of sp³-hybridized carbons (Fsp3) is 0.364. The lowest BCUT2D eigenvalue weighted by atomic mass is 10.0. The summed E-state index contributed by atoms with van der Waals surface area (Å²) in [6.45, 7) is 5.88. The number of aromatic nitrogens is 2. The molecule has 12 nitrogen and oxygen atoms in total. The highest BCUT2D eigenvalue weighted by Gasteiger charge is 2.53. The molecule has 15 heteroatoms. The number of carboxylic acids is 1. The number of rotatable bonds is 10. The van der Waals surface area contributed by atoms with Crippen molar-refractivity contribution in [3.8, 4) is 0 Å². The van der Waals surface area contributed by atoms with Crippen LogP contribution in [0, 0.1) is 6.92 Å². The number of oxime groups is 1. The van der Waals surface area contributed by atoms with Gasteiger partial charge < -0.3 is 25.8 Å². The van der Waals surface area contributed by atoms with Gasteiger partial charge in [0.1, 0.15) is 36.0 Å². The van der Waals surface area contributed by atoms with Crippen LogP contribution in [0.15, 0.2) is 39.8 Å². The summed E-state index contributed by atoms with van der Waals surface area (Å²) in [6.07, 6.45) is 1.46. The van der Waals surface area contributed by atoms with Gasteiger partial charge in [-0.25, -0.2) is 9.55 Å². The summed E-state index contributed by atoms with van der Waals surface area (Å²) >= 11 is 4.04. The highest BCUT2D eigenvalue weighted by molar-refractivity contribution is 8.00. The topological polar surface area (TPSA) is 157 Å². The molecule has 0 spiro atoms. The largest absolute Gasteiger partial charge is 0.543 e. The summed E-state index contributed by atoms with van der Waals surface area (Å²) in [5.41, 5.74) is 7.21. The number of carboxylic acid groups (broad SMARTS) is 1. The Morgan fingerprint density at radius 3 is 2.81 bits per heavy atom. The number of carbonyl (C=O) groups excluding carboxylic acids is 3. The van der Waals surface area contributed by atoms with Crippen LogP contribution in [-0.2, 0) is 26.3 Å². The average molecular weight is 564 g/mol. The maximum atomic E-state index is 13.1. The van der Waals surface area contributed by atoms with Gasteiger partial charge in [0.05, 0.1) is 25.8 Å². The standard InChI is InChI=1S/C22H25N7O5S3/c1-5-6-34-26-14(13-10-36-21(23)24-13)17(30)25-15-18(31)29-16(20(32)33)12(9-35-19(15)29)7-27(3)22-28(4)11(2)8-37-22/h5,8,10,15,19H,1,6-7,9H2,2-4H3,(H3-,23,24,25,30,32,33)/b26-14+/t15-,19-/m1/s1. The number of fused-ring (bicyclic) bond motifs is 1. The van der Waals surface area contributed by atoms with Crippen LogP contribution in [0.1, 0.15) is 11.4 Å². The van der Waals surface area contributed by atoms with Crippen molar-refractivity contribution < 1.29 is 28.9 Å². The van der Waals surface area contributed by atoms with Crippen molar-refractivity contribution >= 4 is 68.2 Å². The van der Waals surface area contributed by atoms with Crippen LogP contribution in [-0.4, -0.2) is 70.7 Å². The molecule has 0 aromatic carbocycles. The van der Waals surface area contributed by atoms with E-state index in [-0.39, 0.29) is 28.8 Å². The molecule has 3 N–H and O–H groups in total. The SMILES string of the molecule is C=CCO/N=C(/C(=O)N[C@@H]1C(=O)N2C(C(=O)[O-])=C(CN(C)c3scc(C)[n+]3C)CS[C@H]12)c1csc(N)n1. The van der Waals surface area contributed by atoms with E-state index in [2.05, 4.69) is 22.0 Å². The number of nitrogens with zero attached hydrogens (tertiary/aromatic N) is 5. The molecule has 2 atom stereocenters. The molecule has 1 saturated heterocycles. The fourth-order valence-corrected chi connectivity index (χ4v) is 6.77. The average Bonchev–Trinajstić information content (AvgIpc) is 3.44. The number of nitrogens with one attached hydrogen (secondary N) is 1. The van der Waals surface area contributed by atoms with Crippen molar-refractivity contribution in [1.82, 2.24) is 15.2 Å². The lowest BCUT2D eigenvalue weighted by Crippen LogP contribution is -2.71. The van der Waals surface area contributed by atoms with Crippen molar-refractivity contribution in [2.24, 2.45) is 12.2 Å². The second-order valence-electron chi connectivity index (χ2n) is 8.27. The molecule has 1 fully saturated rings. The van der Waals surface area contributed by atoms with E-state index >= 15 is 0 Å². The number of nitrogen functional groups attached to an aromatic ring is 1. The summed E-state index contributed by atoms with van der Waals surface area (Å²) in [5, 5.41) is 22.7. The number of amides is 2. The Balaban J connectivity index is 1.52. The first-order valence-corrected chi connectivity index (χ1v) is 13.8. The van der Waals surface area contributed by atoms with Gasteiger partial charge in [0, 0.05) is 22.1 Å². The summed E-state index contributed by atoms with van der Waals surface area (Å²) in [7, 11) is 3.80. The number of thioether (sulfide) groups is 1. The number of aliphatic carboxylic acids is 1. The minimum absolute atomic E-state index is 0.0606. The van der Waals surface area contributed by atoms with Gasteiger partial charge in [-0.05, 0) is 6.92 Å². The minimum atomic E-state index is -1.43. The summed E-state index contributed by atoms with van der Waals surface area (Å²) < 4.78 is 2.01. The van der Waals surface area contributed by atoms with Crippen LogP contribution in [0.25, 0.3) is 0 Å². The predicted molar refractivity (Wildman–Crippen MR) is 140 cm³/mol. The van der Waals surface area contributed by atoms with Crippen LogP contribution in [0.5, 0.6) is 0 Å². The quantitative estimate of drug-likeness (QED) is 0.0959. The van der Waals surface area contributed by atoms with E-state index < -0.39 is 29.2 Å². The number of β-lactam (4-membered cyclic amide) rings is 1. The molecule has 2 aromatic rings. The zero-order chi connectivity index (χ0) is 26.9. The Labute approximate surface area is 225 Å². The minimum Gasteiger partial charge on any atom is -0.543 e. The third-order valence-electron chi connectivity index (χ3n) is 5.76. The van der Waals surface area contributed by atoms with Gasteiger partial charge in [0.25, 0.3) is 11.8 Å². The maximum Gasteiger partial charge on any atom is 0.335 e. The third-order valence-corrected chi connectivity index (χ3v) is 9.03. The van der Waals surface area contributed by atoms with Crippen LogP contribution in [0.4, 0.5) is 10.3 Å². The number of carbonyl (C=O) groups is 3. The first-order chi connectivity index (χ1) is 17.6. The van der Waals surface area contributed by atoms with E-state index in [1.807, 2.05) is 35.9 Å². The van der Waals surface area contributed by atoms with Crippen molar-refractivity contribution in [2.45, 2.75) is 18.3 Å². The van der Waals surface area contributed by atoms with Crippen molar-refractivity contribution in [1.29, 1.82) is 0 Å². The highest BCUT2D eigenvalue weighted by atomic mass is 32.2. The summed E-state index contributed by atoms with van der Waals surface area (Å²) in [5.74, 6) is -2.32. The highest BCUT2D eigenvalue weighted by Crippen LogP contribution is 2.40. The van der Waals surface area contributed by atoms with Gasteiger partial charge in [-0.1, -0.05) is 29.1 Å². The van der Waals surface area contributed by atoms with E-state index in [1.165, 1.54) is 22.7 Å². The molecule has 0 aliphatic carbocycles. The van der Waals surface area contributed by atoms with Gasteiger partial charge in [0.15, 0.2) is 10.8 Å². The van der Waals surface area contributed by atoms with Gasteiger partial charge in [-0.15, -0.1) is 23.1 Å². The zero-order valence-corrected chi connectivity index (χ0v) is 22.7. The van der Waals surface area contributed by atoms with Gasteiger partial charge in [0.2, 0.25) is 0 Å². The molecule has 0 unspecified atom stereocenters. The smallest absolute Gasteiger partial charge is 0.335 e. The van der Waals surface area contributed by atoms with Crippen LogP contribution in [0.3, 0.4) is 0 Å². The van der Waals surface area contributed by atoms with Crippen LogP contribution >= 0.6 is 34.4 Å². The molecular formula is C22H25N7O5S3. The Bertz CT molecular complexity index is 1320. The predicted octanol–water partition coefficient (Wildman–Crippen LogP) is -0.633. The molecular weight excluding hydrogens is 538 g/mol. The van der Waals surface area contributed by atoms with Crippen LogP contribution in [0.2, 0.25) is 0 Å². The van der Waals surface area contributed by atoms with Crippen LogP contribution < -0.4 is 25.6 Å². The Morgan fingerprint density at radius 1 is 1.46 bits per heavy atom. The zero-order valence-electron chi connectivity index (χ0n) is 20.3. The van der Waals surface area contributed by atoms with E-state index in [9.17, 15) is 19.5 Å². The first-order valence-electron chi connectivity index (χ1n) is 11.0. The van der Waals surface area contributed by atoms with Gasteiger partial charge in [-0.3, -0.25) is 19.4 Å². The molecule has 2 aromatic heterocycles. The molecule has 0 saturated carbocycles. The number of aryl methyl sites for hydroxylation is 1. The first kappa shape index (κ1) is 26.6. The number of thiazole rings is 2. The molecule has 0 radical (unpaired) electrons. The Hall–Kier alpha value is -3.43. The number of hydrogen-bond donors (Lipinski definition) is 2. The lowest BCUT2D eigenvalue weighted by Gasteiger charge is -2.50.